The number of nitrogens with zero attached hydrogens (tertiary/aromatic N) is 2. The highest BCUT2D eigenvalue weighted by Gasteiger charge is 2.10. The van der Waals surface area contributed by atoms with Crippen LogP contribution < -0.4 is 10.6 Å². The molecule has 0 aliphatic carbocycles. The van der Waals surface area contributed by atoms with Gasteiger partial charge >= 0.3 is 0 Å². The predicted octanol–water partition coefficient (Wildman–Crippen LogP) is 3.97. The van der Waals surface area contributed by atoms with E-state index in [1.54, 1.807) is 30.3 Å². The monoisotopic (exact) mass is 392 g/mol. The van der Waals surface area contributed by atoms with Gasteiger partial charge in [0.05, 0.1) is 11.4 Å². The summed E-state index contributed by atoms with van der Waals surface area (Å²) in [4.78, 5) is 11.9. The summed E-state index contributed by atoms with van der Waals surface area (Å²) in [6.45, 7) is 0.329. The number of carbonyl (C=O) groups excluding carboxylic acids is 1. The number of hydrogen-bond donors (Lipinski definition) is 2. The van der Waals surface area contributed by atoms with E-state index >= 15 is 0 Å². The van der Waals surface area contributed by atoms with E-state index in [1.165, 1.54) is 41.3 Å². The van der Waals surface area contributed by atoms with E-state index in [-0.39, 0.29) is 23.3 Å². The first-order valence-electron chi connectivity index (χ1n) is 7.59. The van der Waals surface area contributed by atoms with Gasteiger partial charge in [-0.15, -0.1) is 10.2 Å². The number of nitrogens with one attached hydrogen (secondary N) is 2. The van der Waals surface area contributed by atoms with Gasteiger partial charge in [0, 0.05) is 6.54 Å². The third-order valence-electron chi connectivity index (χ3n) is 3.25. The first kappa shape index (κ1) is 18.3. The Labute approximate surface area is 156 Å². The second-order valence-corrected chi connectivity index (χ2v) is 7.37. The Balaban J connectivity index is 1.46. The zero-order valence-corrected chi connectivity index (χ0v) is 15.0. The van der Waals surface area contributed by atoms with Crippen LogP contribution >= 0.6 is 23.1 Å². The highest BCUT2D eigenvalue weighted by molar-refractivity contribution is 8.01. The molecule has 1 heterocycles. The standard InChI is InChI=1S/C17H14F2N4OS2/c18-12-7-5-11(6-8-12)9-20-15(24)10-25-17-23-22-16(26-17)21-14-4-2-1-3-13(14)19/h1-8H,9-10H2,(H,20,24)(H,21,22). The van der Waals surface area contributed by atoms with Gasteiger partial charge in [0.25, 0.3) is 0 Å². The lowest BCUT2D eigenvalue weighted by Gasteiger charge is -2.04. The Morgan fingerprint density at radius 1 is 1.08 bits per heavy atom. The second kappa shape index (κ2) is 8.72. The number of benzene rings is 2. The summed E-state index contributed by atoms with van der Waals surface area (Å²) in [5.74, 6) is -0.683. The van der Waals surface area contributed by atoms with Crippen molar-refractivity contribution in [3.05, 3.63) is 65.7 Å². The zero-order valence-electron chi connectivity index (χ0n) is 13.4. The Bertz CT molecular complexity index is 886. The fourth-order valence-corrected chi connectivity index (χ4v) is 3.57. The maximum atomic E-state index is 13.6. The van der Waals surface area contributed by atoms with Crippen molar-refractivity contribution >= 4 is 39.8 Å². The molecule has 3 rings (SSSR count). The third kappa shape index (κ3) is 5.24. The summed E-state index contributed by atoms with van der Waals surface area (Å²) in [6, 6.07) is 12.2. The van der Waals surface area contributed by atoms with Crippen molar-refractivity contribution in [1.29, 1.82) is 0 Å². The molecule has 2 aromatic carbocycles. The predicted molar refractivity (Wildman–Crippen MR) is 98.6 cm³/mol. The minimum Gasteiger partial charge on any atom is -0.351 e. The molecule has 134 valence electrons. The van der Waals surface area contributed by atoms with Gasteiger partial charge in [0.2, 0.25) is 11.0 Å². The summed E-state index contributed by atoms with van der Waals surface area (Å²) in [5.41, 5.74) is 1.13. The molecule has 1 amide bonds. The van der Waals surface area contributed by atoms with Crippen molar-refractivity contribution in [2.45, 2.75) is 10.9 Å². The number of aromatic nitrogens is 2. The number of thioether (sulfide) groups is 1. The minimum absolute atomic E-state index is 0.168. The second-order valence-electron chi connectivity index (χ2n) is 5.17. The molecule has 0 fully saturated rings. The number of halogens is 2. The quantitative estimate of drug-likeness (QED) is 0.596. The fraction of sp³-hybridized carbons (Fsp3) is 0.118. The summed E-state index contributed by atoms with van der Waals surface area (Å²) >= 11 is 2.48. The Hall–Kier alpha value is -2.52. The van der Waals surface area contributed by atoms with Crippen molar-refractivity contribution in [3.63, 3.8) is 0 Å². The van der Waals surface area contributed by atoms with Gasteiger partial charge in [0.15, 0.2) is 4.34 Å². The summed E-state index contributed by atoms with van der Waals surface area (Å²) < 4.78 is 27.0. The van der Waals surface area contributed by atoms with E-state index < -0.39 is 0 Å². The molecule has 0 saturated heterocycles. The highest BCUT2D eigenvalue weighted by atomic mass is 32.2. The first-order valence-corrected chi connectivity index (χ1v) is 9.39. The molecule has 0 spiro atoms. The van der Waals surface area contributed by atoms with Gasteiger partial charge in [0.1, 0.15) is 11.6 Å². The lowest BCUT2D eigenvalue weighted by molar-refractivity contribution is -0.118. The number of carbonyl (C=O) groups is 1. The molecule has 1 aromatic heterocycles. The normalized spacial score (nSPS) is 10.5. The molecule has 0 bridgehead atoms. The van der Waals surface area contributed by atoms with E-state index in [4.69, 9.17) is 0 Å². The maximum Gasteiger partial charge on any atom is 0.230 e. The molecule has 0 aliphatic rings. The first-order chi connectivity index (χ1) is 12.6. The van der Waals surface area contributed by atoms with E-state index in [0.717, 1.165) is 5.56 Å². The molecule has 26 heavy (non-hydrogen) atoms. The van der Waals surface area contributed by atoms with E-state index in [2.05, 4.69) is 20.8 Å². The molecule has 0 aliphatic heterocycles. The smallest absolute Gasteiger partial charge is 0.230 e. The topological polar surface area (TPSA) is 66.9 Å². The molecule has 0 atom stereocenters. The molecule has 2 N–H and O–H groups in total. The lowest BCUT2D eigenvalue weighted by Crippen LogP contribution is -2.24. The van der Waals surface area contributed by atoms with Crippen molar-refractivity contribution < 1.29 is 13.6 Å². The van der Waals surface area contributed by atoms with Gasteiger partial charge in [-0.25, -0.2) is 8.78 Å². The average Bonchev–Trinajstić information content (AvgIpc) is 3.09. The van der Waals surface area contributed by atoms with E-state index in [9.17, 15) is 13.6 Å². The number of amides is 1. The Morgan fingerprint density at radius 2 is 1.85 bits per heavy atom. The number of para-hydroxylation sites is 1. The number of rotatable bonds is 7. The van der Waals surface area contributed by atoms with E-state index in [0.29, 0.717) is 21.7 Å². The average molecular weight is 392 g/mol. The summed E-state index contributed by atoms with van der Waals surface area (Å²) in [7, 11) is 0. The third-order valence-corrected chi connectivity index (χ3v) is 5.22. The molecule has 3 aromatic rings. The maximum absolute atomic E-state index is 13.6. The molecule has 0 unspecified atom stereocenters. The van der Waals surface area contributed by atoms with Crippen molar-refractivity contribution in [2.75, 3.05) is 11.1 Å². The van der Waals surface area contributed by atoms with Crippen LogP contribution in [0.25, 0.3) is 0 Å². The summed E-state index contributed by atoms with van der Waals surface area (Å²) in [6.07, 6.45) is 0. The SMILES string of the molecule is O=C(CSc1nnc(Nc2ccccc2F)s1)NCc1ccc(F)cc1. The van der Waals surface area contributed by atoms with Crippen LogP contribution in [0.2, 0.25) is 0 Å². The Kier molecular flexibility index (Phi) is 6.13. The van der Waals surface area contributed by atoms with Crippen LogP contribution in [0, 0.1) is 11.6 Å². The van der Waals surface area contributed by atoms with Crippen LogP contribution in [0.5, 0.6) is 0 Å². The number of anilines is 2. The van der Waals surface area contributed by atoms with Gasteiger partial charge in [-0.1, -0.05) is 47.4 Å². The zero-order chi connectivity index (χ0) is 18.4. The Morgan fingerprint density at radius 3 is 2.62 bits per heavy atom. The van der Waals surface area contributed by atoms with Crippen molar-refractivity contribution in [3.8, 4) is 0 Å². The van der Waals surface area contributed by atoms with Crippen molar-refractivity contribution in [1.82, 2.24) is 15.5 Å². The minimum atomic E-state index is -0.378. The van der Waals surface area contributed by atoms with Gasteiger partial charge in [-0.05, 0) is 29.8 Å². The lowest BCUT2D eigenvalue weighted by atomic mass is 10.2. The van der Waals surface area contributed by atoms with Crippen LogP contribution in [0.1, 0.15) is 5.56 Å². The molecule has 0 radical (unpaired) electrons. The van der Waals surface area contributed by atoms with Crippen LogP contribution in [-0.4, -0.2) is 21.9 Å². The largest absolute Gasteiger partial charge is 0.351 e. The van der Waals surface area contributed by atoms with Crippen LogP contribution in [0.3, 0.4) is 0 Å². The van der Waals surface area contributed by atoms with Crippen LogP contribution in [0.4, 0.5) is 19.6 Å². The summed E-state index contributed by atoms with van der Waals surface area (Å²) in [5, 5.41) is 14.0. The van der Waals surface area contributed by atoms with Gasteiger partial charge in [-0.3, -0.25) is 4.79 Å². The molecule has 9 heteroatoms. The van der Waals surface area contributed by atoms with Gasteiger partial charge in [-0.2, -0.15) is 0 Å². The van der Waals surface area contributed by atoms with Crippen molar-refractivity contribution in [2.24, 2.45) is 0 Å². The number of hydrogen-bond acceptors (Lipinski definition) is 6. The fourth-order valence-electron chi connectivity index (χ4n) is 1.98. The molecular formula is C17H14F2N4OS2. The molecular weight excluding hydrogens is 378 g/mol. The highest BCUT2D eigenvalue weighted by Crippen LogP contribution is 2.28. The molecule has 0 saturated carbocycles. The van der Waals surface area contributed by atoms with Crippen LogP contribution in [-0.2, 0) is 11.3 Å². The molecule has 5 nitrogen and oxygen atoms in total. The van der Waals surface area contributed by atoms with Crippen LogP contribution in [0.15, 0.2) is 52.9 Å². The van der Waals surface area contributed by atoms with Gasteiger partial charge < -0.3 is 10.6 Å². The van der Waals surface area contributed by atoms with E-state index in [1.807, 2.05) is 0 Å².